The molecule has 1 heterocycles. The highest BCUT2D eigenvalue weighted by atomic mass is 32.2. The third-order valence-electron chi connectivity index (χ3n) is 3.37. The van der Waals surface area contributed by atoms with Crippen molar-refractivity contribution < 1.29 is 14.3 Å². The third-order valence-corrected chi connectivity index (χ3v) is 4.22. The molecule has 2 aromatic rings. The SMILES string of the molecule is CCSC(=O)N(C)Cc1cn(C(=O)OC(C)(C)C)c2ccccc12. The van der Waals surface area contributed by atoms with Crippen molar-refractivity contribution >= 4 is 34.0 Å². The van der Waals surface area contributed by atoms with Gasteiger partial charge >= 0.3 is 6.09 Å². The van der Waals surface area contributed by atoms with Crippen molar-refractivity contribution in [1.82, 2.24) is 9.47 Å². The summed E-state index contributed by atoms with van der Waals surface area (Å²) in [5.41, 5.74) is 1.14. The first-order chi connectivity index (χ1) is 11.2. The van der Waals surface area contributed by atoms with Gasteiger partial charge in [-0.15, -0.1) is 0 Å². The highest BCUT2D eigenvalue weighted by Crippen LogP contribution is 2.24. The smallest absolute Gasteiger partial charge is 0.419 e. The number of benzene rings is 1. The monoisotopic (exact) mass is 348 g/mol. The highest BCUT2D eigenvalue weighted by Gasteiger charge is 2.21. The van der Waals surface area contributed by atoms with Gasteiger partial charge in [-0.25, -0.2) is 4.79 Å². The molecule has 0 atom stereocenters. The summed E-state index contributed by atoms with van der Waals surface area (Å²) in [5.74, 6) is 0.739. The fourth-order valence-corrected chi connectivity index (χ4v) is 2.92. The second-order valence-corrected chi connectivity index (χ2v) is 7.79. The summed E-state index contributed by atoms with van der Waals surface area (Å²) in [5, 5.41) is 0.969. The number of para-hydroxylation sites is 1. The Morgan fingerprint density at radius 3 is 2.54 bits per heavy atom. The van der Waals surface area contributed by atoms with E-state index >= 15 is 0 Å². The molecule has 0 fully saturated rings. The Morgan fingerprint density at radius 1 is 1.25 bits per heavy atom. The summed E-state index contributed by atoms with van der Waals surface area (Å²) < 4.78 is 6.99. The largest absolute Gasteiger partial charge is 0.443 e. The highest BCUT2D eigenvalue weighted by molar-refractivity contribution is 8.13. The number of ether oxygens (including phenoxy) is 1. The molecule has 1 aromatic carbocycles. The zero-order valence-electron chi connectivity index (χ0n) is 14.8. The van der Waals surface area contributed by atoms with E-state index in [4.69, 9.17) is 4.74 Å². The summed E-state index contributed by atoms with van der Waals surface area (Å²) in [6.45, 7) is 7.91. The molecule has 0 aliphatic rings. The molecule has 0 saturated heterocycles. The van der Waals surface area contributed by atoms with Crippen LogP contribution in [0.1, 0.15) is 33.3 Å². The molecule has 0 radical (unpaired) electrons. The zero-order valence-corrected chi connectivity index (χ0v) is 15.6. The van der Waals surface area contributed by atoms with Gasteiger partial charge in [0.05, 0.1) is 5.52 Å². The van der Waals surface area contributed by atoms with Gasteiger partial charge in [0, 0.05) is 25.2 Å². The molecule has 5 nitrogen and oxygen atoms in total. The summed E-state index contributed by atoms with van der Waals surface area (Å²) in [4.78, 5) is 26.1. The minimum absolute atomic E-state index is 0.0200. The molecule has 6 heteroatoms. The topological polar surface area (TPSA) is 51.5 Å². The van der Waals surface area contributed by atoms with Crippen LogP contribution < -0.4 is 0 Å². The Kier molecular flexibility index (Phi) is 5.59. The molecular weight excluding hydrogens is 324 g/mol. The predicted octanol–water partition coefficient (Wildman–Crippen LogP) is 4.73. The number of aromatic nitrogens is 1. The molecule has 1 amide bonds. The Morgan fingerprint density at radius 2 is 1.92 bits per heavy atom. The fraction of sp³-hybridized carbons (Fsp3) is 0.444. The first-order valence-corrected chi connectivity index (χ1v) is 8.91. The normalized spacial score (nSPS) is 11.5. The molecule has 0 aliphatic heterocycles. The average molecular weight is 348 g/mol. The van der Waals surface area contributed by atoms with E-state index in [-0.39, 0.29) is 5.24 Å². The van der Waals surface area contributed by atoms with Crippen LogP contribution in [0.5, 0.6) is 0 Å². The van der Waals surface area contributed by atoms with Crippen LogP contribution in [0.25, 0.3) is 10.9 Å². The minimum Gasteiger partial charge on any atom is -0.443 e. The number of hydrogen-bond donors (Lipinski definition) is 0. The molecule has 0 bridgehead atoms. The van der Waals surface area contributed by atoms with Gasteiger partial charge in [-0.2, -0.15) is 0 Å². The molecule has 0 N–H and O–H groups in total. The van der Waals surface area contributed by atoms with Crippen LogP contribution in [0, 0.1) is 0 Å². The second-order valence-electron chi connectivity index (χ2n) is 6.58. The number of amides is 1. The van der Waals surface area contributed by atoms with Crippen LogP contribution in [0.3, 0.4) is 0 Å². The summed E-state index contributed by atoms with van der Waals surface area (Å²) >= 11 is 1.27. The number of nitrogens with zero attached hydrogens (tertiary/aromatic N) is 2. The fourth-order valence-electron chi connectivity index (χ4n) is 2.39. The van der Waals surface area contributed by atoms with Gasteiger partial charge in [0.1, 0.15) is 5.60 Å². The zero-order chi connectivity index (χ0) is 17.9. The van der Waals surface area contributed by atoms with Crippen molar-refractivity contribution in [2.45, 2.75) is 39.8 Å². The van der Waals surface area contributed by atoms with Crippen molar-refractivity contribution in [2.24, 2.45) is 0 Å². The van der Waals surface area contributed by atoms with E-state index < -0.39 is 11.7 Å². The van der Waals surface area contributed by atoms with Gasteiger partial charge < -0.3 is 9.64 Å². The molecular formula is C18H24N2O3S. The predicted molar refractivity (Wildman–Crippen MR) is 98.6 cm³/mol. The molecule has 0 unspecified atom stereocenters. The Labute approximate surface area is 147 Å². The van der Waals surface area contributed by atoms with Crippen LogP contribution in [-0.4, -0.2) is 39.2 Å². The third kappa shape index (κ3) is 4.32. The van der Waals surface area contributed by atoms with Gasteiger partial charge in [0.2, 0.25) is 0 Å². The van der Waals surface area contributed by atoms with Crippen LogP contribution in [0.4, 0.5) is 9.59 Å². The van der Waals surface area contributed by atoms with Gasteiger partial charge in [0.25, 0.3) is 5.24 Å². The maximum atomic E-state index is 12.5. The Hall–Kier alpha value is -1.95. The standard InChI is InChI=1S/C18H24N2O3S/c1-6-24-17(22)19(5)11-13-12-20(16(21)23-18(2,3)4)15-10-8-7-9-14(13)15/h7-10,12H,6,11H2,1-5H3. The number of carbonyl (C=O) groups is 2. The summed E-state index contributed by atoms with van der Waals surface area (Å²) in [6, 6.07) is 7.64. The van der Waals surface area contributed by atoms with Gasteiger partial charge in [-0.3, -0.25) is 9.36 Å². The van der Waals surface area contributed by atoms with Crippen LogP contribution >= 0.6 is 11.8 Å². The number of fused-ring (bicyclic) bond motifs is 1. The lowest BCUT2D eigenvalue weighted by Crippen LogP contribution is -2.26. The lowest BCUT2D eigenvalue weighted by atomic mass is 10.2. The number of rotatable bonds is 3. The van der Waals surface area contributed by atoms with Crippen molar-refractivity contribution in [3.63, 3.8) is 0 Å². The van der Waals surface area contributed by atoms with Gasteiger partial charge in [-0.1, -0.05) is 36.9 Å². The maximum Gasteiger partial charge on any atom is 0.419 e. The van der Waals surface area contributed by atoms with Crippen LogP contribution in [0.2, 0.25) is 0 Å². The molecule has 24 heavy (non-hydrogen) atoms. The van der Waals surface area contributed by atoms with Gasteiger partial charge in [-0.05, 0) is 38.2 Å². The summed E-state index contributed by atoms with van der Waals surface area (Å²) in [6.07, 6.45) is 1.35. The van der Waals surface area contributed by atoms with Crippen molar-refractivity contribution in [3.05, 3.63) is 36.0 Å². The summed E-state index contributed by atoms with van der Waals surface area (Å²) in [7, 11) is 1.77. The number of carbonyl (C=O) groups excluding carboxylic acids is 2. The van der Waals surface area contributed by atoms with E-state index in [2.05, 4.69) is 0 Å². The van der Waals surface area contributed by atoms with E-state index in [1.165, 1.54) is 16.3 Å². The lowest BCUT2D eigenvalue weighted by Gasteiger charge is -2.19. The molecule has 2 rings (SSSR count). The number of thioether (sulfide) groups is 1. The van der Waals surface area contributed by atoms with E-state index in [9.17, 15) is 9.59 Å². The van der Waals surface area contributed by atoms with Crippen LogP contribution in [0.15, 0.2) is 30.5 Å². The Balaban J connectivity index is 2.35. The molecule has 1 aromatic heterocycles. The molecule has 0 saturated carbocycles. The maximum absolute atomic E-state index is 12.5. The first-order valence-electron chi connectivity index (χ1n) is 7.93. The second kappa shape index (κ2) is 7.30. The first kappa shape index (κ1) is 18.4. The van der Waals surface area contributed by atoms with Crippen LogP contribution in [-0.2, 0) is 11.3 Å². The van der Waals surface area contributed by atoms with Gasteiger partial charge in [0.15, 0.2) is 0 Å². The van der Waals surface area contributed by atoms with Crippen molar-refractivity contribution in [3.8, 4) is 0 Å². The van der Waals surface area contributed by atoms with E-state index in [0.29, 0.717) is 6.54 Å². The average Bonchev–Trinajstić information content (AvgIpc) is 2.85. The van der Waals surface area contributed by atoms with E-state index in [0.717, 1.165) is 22.2 Å². The van der Waals surface area contributed by atoms with E-state index in [1.54, 1.807) is 18.1 Å². The van der Waals surface area contributed by atoms with Crippen molar-refractivity contribution in [1.29, 1.82) is 0 Å². The number of hydrogen-bond acceptors (Lipinski definition) is 4. The molecule has 0 aliphatic carbocycles. The quantitative estimate of drug-likeness (QED) is 0.805. The van der Waals surface area contributed by atoms with E-state index in [1.807, 2.05) is 52.0 Å². The molecule has 0 spiro atoms. The minimum atomic E-state index is -0.562. The molecule has 130 valence electrons. The Bertz CT molecular complexity index is 746. The van der Waals surface area contributed by atoms with Crippen molar-refractivity contribution in [2.75, 3.05) is 12.8 Å². The lowest BCUT2D eigenvalue weighted by molar-refractivity contribution is 0.0544.